The Morgan fingerprint density at radius 3 is 2.90 bits per heavy atom. The molecule has 29 heavy (non-hydrogen) atoms. The third kappa shape index (κ3) is 2.17. The van der Waals surface area contributed by atoms with Crippen molar-refractivity contribution in [2.24, 2.45) is 0 Å². The molecule has 0 aliphatic carbocycles. The molecule has 1 aromatic carbocycles. The van der Waals surface area contributed by atoms with E-state index in [1.165, 1.54) is 11.1 Å². The molecule has 3 aromatic rings. The first kappa shape index (κ1) is 16.2. The van der Waals surface area contributed by atoms with Gasteiger partial charge in [-0.1, -0.05) is 17.3 Å². The highest BCUT2D eigenvalue weighted by Crippen LogP contribution is 2.45. The molecular formula is C18H13FN8O2. The first-order valence-corrected chi connectivity index (χ1v) is 9.10. The van der Waals surface area contributed by atoms with Crippen LogP contribution in [-0.2, 0) is 4.74 Å². The SMILES string of the molecule is N#CN1C=C2N(c3ccccc3-c3nnc(-c4nc(C5CCCO5)no4)n32)C1F. The van der Waals surface area contributed by atoms with Gasteiger partial charge in [0.2, 0.25) is 11.6 Å². The van der Waals surface area contributed by atoms with Crippen molar-refractivity contribution in [3.8, 4) is 29.3 Å². The molecule has 1 saturated heterocycles. The summed E-state index contributed by atoms with van der Waals surface area (Å²) in [6.07, 6.45) is 3.14. The minimum absolute atomic E-state index is 0.153. The highest BCUT2D eigenvalue weighted by Gasteiger charge is 2.42. The Bertz CT molecular complexity index is 1190. The molecule has 6 rings (SSSR count). The molecule has 11 heteroatoms. The van der Waals surface area contributed by atoms with E-state index in [-0.39, 0.29) is 17.8 Å². The van der Waals surface area contributed by atoms with Gasteiger partial charge in [0.25, 0.3) is 12.3 Å². The predicted molar refractivity (Wildman–Crippen MR) is 95.8 cm³/mol. The molecular weight excluding hydrogens is 379 g/mol. The lowest BCUT2D eigenvalue weighted by atomic mass is 10.1. The molecule has 10 nitrogen and oxygen atoms in total. The quantitative estimate of drug-likeness (QED) is 0.480. The lowest BCUT2D eigenvalue weighted by Gasteiger charge is -2.31. The second-order valence-electron chi connectivity index (χ2n) is 6.83. The van der Waals surface area contributed by atoms with Crippen LogP contribution in [-0.4, -0.2) is 42.8 Å². The van der Waals surface area contributed by atoms with E-state index in [0.717, 1.165) is 17.7 Å². The molecule has 0 bridgehead atoms. The second kappa shape index (κ2) is 5.86. The number of aromatic nitrogens is 5. The number of alkyl halides is 1. The van der Waals surface area contributed by atoms with Crippen LogP contribution in [0.3, 0.4) is 0 Å². The number of para-hydroxylation sites is 1. The molecule has 2 atom stereocenters. The van der Waals surface area contributed by atoms with Gasteiger partial charge in [0.15, 0.2) is 12.0 Å². The van der Waals surface area contributed by atoms with E-state index in [0.29, 0.717) is 35.3 Å². The van der Waals surface area contributed by atoms with Crippen molar-refractivity contribution in [3.05, 3.63) is 36.3 Å². The minimum Gasteiger partial charge on any atom is -0.370 e. The number of fused-ring (bicyclic) bond motifs is 6. The van der Waals surface area contributed by atoms with E-state index < -0.39 is 6.42 Å². The zero-order valence-electron chi connectivity index (χ0n) is 14.9. The standard InChI is InChI=1S/C18H13FN8O2/c19-18-25(9-20)8-13-26(18)11-5-2-1-4-10(11)15-22-23-16(27(13)15)17-21-14(24-29-17)12-6-3-7-28-12/h1-2,4-5,8,12,18H,3,6-7H2. The summed E-state index contributed by atoms with van der Waals surface area (Å²) in [5.41, 5.74) is 1.28. The van der Waals surface area contributed by atoms with Crippen LogP contribution >= 0.6 is 0 Å². The molecule has 1 fully saturated rings. The number of hydrogen-bond acceptors (Lipinski definition) is 9. The third-order valence-electron chi connectivity index (χ3n) is 5.21. The van der Waals surface area contributed by atoms with Crippen molar-refractivity contribution in [2.75, 3.05) is 11.5 Å². The van der Waals surface area contributed by atoms with Crippen LogP contribution < -0.4 is 4.90 Å². The van der Waals surface area contributed by atoms with E-state index in [1.54, 1.807) is 16.7 Å². The average molecular weight is 392 g/mol. The zero-order chi connectivity index (χ0) is 19.5. The summed E-state index contributed by atoms with van der Waals surface area (Å²) in [5.74, 6) is 1.77. The average Bonchev–Trinajstić information content (AvgIpc) is 3.52. The minimum atomic E-state index is -1.68. The molecule has 3 aliphatic rings. The van der Waals surface area contributed by atoms with Gasteiger partial charge in [-0.15, -0.1) is 10.2 Å². The van der Waals surface area contributed by atoms with Gasteiger partial charge >= 0.3 is 0 Å². The Morgan fingerprint density at radius 1 is 1.21 bits per heavy atom. The van der Waals surface area contributed by atoms with E-state index in [4.69, 9.17) is 9.26 Å². The fourth-order valence-corrected chi connectivity index (χ4v) is 3.89. The molecule has 0 N–H and O–H groups in total. The Balaban J connectivity index is 1.53. The van der Waals surface area contributed by atoms with Crippen molar-refractivity contribution in [1.82, 2.24) is 29.8 Å². The van der Waals surface area contributed by atoms with Gasteiger partial charge in [0, 0.05) is 12.2 Å². The summed E-state index contributed by atoms with van der Waals surface area (Å²) < 4.78 is 27.6. The van der Waals surface area contributed by atoms with Crippen LogP contribution in [0.5, 0.6) is 0 Å². The number of nitrogens with zero attached hydrogens (tertiary/aromatic N) is 8. The molecule has 3 aliphatic heterocycles. The largest absolute Gasteiger partial charge is 0.370 e. The van der Waals surface area contributed by atoms with E-state index in [2.05, 4.69) is 20.3 Å². The Hall–Kier alpha value is -3.78. The monoisotopic (exact) mass is 392 g/mol. The highest BCUT2D eigenvalue weighted by molar-refractivity contribution is 5.90. The van der Waals surface area contributed by atoms with Crippen LogP contribution in [0.4, 0.5) is 10.1 Å². The Kier molecular flexibility index (Phi) is 3.27. The number of halogens is 1. The molecule has 0 saturated carbocycles. The predicted octanol–water partition coefficient (Wildman–Crippen LogP) is 2.47. The topological polar surface area (TPSA) is 109 Å². The number of benzene rings is 1. The number of rotatable bonds is 2. The second-order valence-corrected chi connectivity index (χ2v) is 6.83. The highest BCUT2D eigenvalue weighted by atomic mass is 19.1. The molecule has 144 valence electrons. The first-order valence-electron chi connectivity index (χ1n) is 9.10. The van der Waals surface area contributed by atoms with Crippen LogP contribution in [0, 0.1) is 11.5 Å². The summed E-state index contributed by atoms with van der Waals surface area (Å²) >= 11 is 0. The van der Waals surface area contributed by atoms with Crippen LogP contribution in [0.25, 0.3) is 28.9 Å². The smallest absolute Gasteiger partial charge is 0.296 e. The molecule has 0 amide bonds. The summed E-state index contributed by atoms with van der Waals surface area (Å²) in [6.45, 7) is 0.662. The van der Waals surface area contributed by atoms with Gasteiger partial charge < -0.3 is 9.26 Å². The van der Waals surface area contributed by atoms with Gasteiger partial charge in [0.05, 0.1) is 11.9 Å². The first-order chi connectivity index (χ1) is 14.3. The Labute approximate surface area is 163 Å². The summed E-state index contributed by atoms with van der Waals surface area (Å²) in [5, 5.41) is 21.8. The number of hydrogen-bond donors (Lipinski definition) is 0. The lowest BCUT2D eigenvalue weighted by molar-refractivity contribution is 0.103. The van der Waals surface area contributed by atoms with Gasteiger partial charge in [-0.2, -0.15) is 14.6 Å². The zero-order valence-corrected chi connectivity index (χ0v) is 14.9. The van der Waals surface area contributed by atoms with Crippen molar-refractivity contribution >= 4 is 11.5 Å². The van der Waals surface area contributed by atoms with E-state index in [1.807, 2.05) is 18.3 Å². The van der Waals surface area contributed by atoms with Crippen molar-refractivity contribution < 1.29 is 13.7 Å². The third-order valence-corrected chi connectivity index (χ3v) is 5.21. The summed E-state index contributed by atoms with van der Waals surface area (Å²) in [7, 11) is 0. The van der Waals surface area contributed by atoms with Crippen LogP contribution in [0.15, 0.2) is 35.0 Å². The molecule has 5 heterocycles. The molecule has 0 spiro atoms. The summed E-state index contributed by atoms with van der Waals surface area (Å²) in [4.78, 5) is 6.77. The summed E-state index contributed by atoms with van der Waals surface area (Å²) in [6, 6.07) is 7.23. The number of ether oxygens (including phenoxy) is 1. The van der Waals surface area contributed by atoms with Gasteiger partial charge in [0.1, 0.15) is 11.9 Å². The van der Waals surface area contributed by atoms with Crippen molar-refractivity contribution in [2.45, 2.75) is 25.4 Å². The maximum absolute atomic E-state index is 15.0. The number of nitriles is 1. The Morgan fingerprint density at radius 2 is 2.07 bits per heavy atom. The van der Waals surface area contributed by atoms with E-state index >= 15 is 4.39 Å². The molecule has 2 unspecified atom stereocenters. The fourth-order valence-electron chi connectivity index (χ4n) is 3.89. The van der Waals surface area contributed by atoms with Gasteiger partial charge in [-0.3, -0.25) is 9.47 Å². The number of anilines is 1. The maximum atomic E-state index is 15.0. The molecule has 0 radical (unpaired) electrons. The van der Waals surface area contributed by atoms with Crippen LogP contribution in [0.1, 0.15) is 24.8 Å². The van der Waals surface area contributed by atoms with Crippen molar-refractivity contribution in [3.63, 3.8) is 0 Å². The van der Waals surface area contributed by atoms with Gasteiger partial charge in [-0.05, 0) is 25.0 Å². The van der Waals surface area contributed by atoms with Crippen LogP contribution in [0.2, 0.25) is 0 Å². The van der Waals surface area contributed by atoms with Gasteiger partial charge in [-0.25, -0.2) is 4.90 Å². The maximum Gasteiger partial charge on any atom is 0.296 e. The fraction of sp³-hybridized carbons (Fsp3) is 0.278. The normalized spacial score (nSPS) is 22.1. The lowest BCUT2D eigenvalue weighted by Crippen LogP contribution is -2.36. The van der Waals surface area contributed by atoms with E-state index in [9.17, 15) is 5.26 Å². The van der Waals surface area contributed by atoms with Crippen molar-refractivity contribution in [1.29, 1.82) is 5.26 Å². The molecule has 2 aromatic heterocycles.